The first-order chi connectivity index (χ1) is 14.2. The molecule has 1 aliphatic carbocycles. The molecule has 2 heterocycles. The third-order valence-electron chi connectivity index (χ3n) is 4.93. The number of nitrogens with zero attached hydrogens (tertiary/aromatic N) is 3. The van der Waals surface area contributed by atoms with E-state index in [4.69, 9.17) is 0 Å². The van der Waals surface area contributed by atoms with Crippen LogP contribution in [-0.2, 0) is 12.7 Å². The van der Waals surface area contributed by atoms with Gasteiger partial charge in [0.15, 0.2) is 0 Å². The van der Waals surface area contributed by atoms with Crippen LogP contribution in [0.3, 0.4) is 0 Å². The molecule has 0 unspecified atom stereocenters. The largest absolute Gasteiger partial charge is 0.416 e. The summed E-state index contributed by atoms with van der Waals surface area (Å²) in [5.74, 6) is 0.149. The third-order valence-corrected chi connectivity index (χ3v) is 6.12. The van der Waals surface area contributed by atoms with Crippen LogP contribution in [0.15, 0.2) is 35.8 Å². The Morgan fingerprint density at radius 3 is 2.73 bits per heavy atom. The molecule has 1 N–H and O–H groups in total. The first-order valence-electron chi connectivity index (χ1n) is 9.72. The Morgan fingerprint density at radius 2 is 2.10 bits per heavy atom. The lowest BCUT2D eigenvalue weighted by Gasteiger charge is -2.12. The zero-order valence-electron chi connectivity index (χ0n) is 16.5. The van der Waals surface area contributed by atoms with Crippen LogP contribution in [0.4, 0.5) is 13.2 Å². The maximum Gasteiger partial charge on any atom is 0.416 e. The Labute approximate surface area is 175 Å². The summed E-state index contributed by atoms with van der Waals surface area (Å²) >= 11 is 1.56. The molecule has 1 fully saturated rings. The van der Waals surface area contributed by atoms with Gasteiger partial charge in [0, 0.05) is 17.2 Å². The lowest BCUT2D eigenvalue weighted by Crippen LogP contribution is -2.24. The van der Waals surface area contributed by atoms with Gasteiger partial charge in [-0.05, 0) is 31.0 Å². The van der Waals surface area contributed by atoms with E-state index >= 15 is 0 Å². The molecule has 0 atom stereocenters. The van der Waals surface area contributed by atoms with Gasteiger partial charge in [0.1, 0.15) is 0 Å². The van der Waals surface area contributed by atoms with E-state index in [0.717, 1.165) is 35.7 Å². The molecule has 1 saturated carbocycles. The summed E-state index contributed by atoms with van der Waals surface area (Å²) in [7, 11) is 0. The van der Waals surface area contributed by atoms with Gasteiger partial charge < -0.3 is 5.32 Å². The van der Waals surface area contributed by atoms with Crippen molar-refractivity contribution in [3.63, 3.8) is 0 Å². The van der Waals surface area contributed by atoms with Gasteiger partial charge in [-0.25, -0.2) is 9.67 Å². The number of benzene rings is 1. The van der Waals surface area contributed by atoms with Crippen LogP contribution in [0.1, 0.15) is 70.8 Å². The fraction of sp³-hybridized carbons (Fsp3) is 0.381. The molecule has 5 nitrogen and oxygen atoms in total. The van der Waals surface area contributed by atoms with Crippen LogP contribution in [0.25, 0.3) is 5.69 Å². The predicted molar refractivity (Wildman–Crippen MR) is 108 cm³/mol. The quantitative estimate of drug-likeness (QED) is 0.574. The highest BCUT2D eigenvalue weighted by molar-refractivity contribution is 7.09. The Morgan fingerprint density at radius 1 is 1.33 bits per heavy atom. The summed E-state index contributed by atoms with van der Waals surface area (Å²) in [4.78, 5) is 17.3. The van der Waals surface area contributed by atoms with E-state index < -0.39 is 11.7 Å². The number of aromatic nitrogens is 3. The van der Waals surface area contributed by atoms with Crippen molar-refractivity contribution in [2.45, 2.75) is 51.2 Å². The monoisotopic (exact) mass is 434 g/mol. The van der Waals surface area contributed by atoms with Crippen molar-refractivity contribution in [1.29, 1.82) is 0 Å². The lowest BCUT2D eigenvalue weighted by atomic mass is 10.1. The maximum absolute atomic E-state index is 13.1. The molecule has 1 aromatic carbocycles. The molecule has 0 spiro atoms. The van der Waals surface area contributed by atoms with Gasteiger partial charge in [0.2, 0.25) is 0 Å². The standard InChI is InChI=1S/C21H21F3N4OS/c1-12(2)20-27-15(11-30-20)9-25-19(29)17-10-26-28(18(17)13-6-7-13)16-5-3-4-14(8-16)21(22,23)24/h3-5,8,10-13H,6-7,9H2,1-2H3,(H,25,29). The fourth-order valence-corrected chi connectivity index (χ4v) is 4.07. The van der Waals surface area contributed by atoms with Gasteiger partial charge in [-0.2, -0.15) is 18.3 Å². The van der Waals surface area contributed by atoms with Gasteiger partial charge in [-0.3, -0.25) is 4.79 Å². The Balaban J connectivity index is 1.58. The number of halogens is 3. The summed E-state index contributed by atoms with van der Waals surface area (Å²) in [6.45, 7) is 4.41. The molecule has 0 saturated heterocycles. The summed E-state index contributed by atoms with van der Waals surface area (Å²) in [6.07, 6.45) is -1.24. The molecule has 1 aliphatic rings. The molecule has 0 radical (unpaired) electrons. The second-order valence-electron chi connectivity index (χ2n) is 7.69. The lowest BCUT2D eigenvalue weighted by molar-refractivity contribution is -0.137. The second kappa shape index (κ2) is 7.86. The fourth-order valence-electron chi connectivity index (χ4n) is 3.24. The minimum Gasteiger partial charge on any atom is -0.346 e. The molecule has 30 heavy (non-hydrogen) atoms. The highest BCUT2D eigenvalue weighted by atomic mass is 32.1. The van der Waals surface area contributed by atoms with Gasteiger partial charge in [-0.1, -0.05) is 19.9 Å². The smallest absolute Gasteiger partial charge is 0.346 e. The Hall–Kier alpha value is -2.68. The number of rotatable bonds is 6. The summed E-state index contributed by atoms with van der Waals surface area (Å²) in [5.41, 5.74) is 1.40. The SMILES string of the molecule is CC(C)c1nc(CNC(=O)c2cnn(-c3cccc(C(F)(F)F)c3)c2C2CC2)cs1. The molecule has 3 aromatic rings. The molecule has 158 valence electrons. The van der Waals surface area contributed by atoms with Crippen LogP contribution >= 0.6 is 11.3 Å². The second-order valence-corrected chi connectivity index (χ2v) is 8.58. The van der Waals surface area contributed by atoms with E-state index in [1.54, 1.807) is 17.4 Å². The Kier molecular flexibility index (Phi) is 5.40. The summed E-state index contributed by atoms with van der Waals surface area (Å²) < 4.78 is 40.8. The van der Waals surface area contributed by atoms with Crippen LogP contribution in [0.5, 0.6) is 0 Å². The molecular weight excluding hydrogens is 413 g/mol. The van der Waals surface area contributed by atoms with Gasteiger partial charge in [0.05, 0.1) is 46.0 Å². The number of hydrogen-bond donors (Lipinski definition) is 1. The van der Waals surface area contributed by atoms with Crippen LogP contribution in [0.2, 0.25) is 0 Å². The van der Waals surface area contributed by atoms with Crippen molar-refractivity contribution in [2.24, 2.45) is 0 Å². The molecular formula is C21H21F3N4OS. The topological polar surface area (TPSA) is 59.8 Å². The van der Waals surface area contributed by atoms with Crippen molar-refractivity contribution >= 4 is 17.2 Å². The van der Waals surface area contributed by atoms with E-state index in [9.17, 15) is 18.0 Å². The average molecular weight is 434 g/mol. The summed E-state index contributed by atoms with van der Waals surface area (Å²) in [6, 6.07) is 5.00. The molecule has 1 amide bonds. The molecule has 0 bridgehead atoms. The van der Waals surface area contributed by atoms with Crippen molar-refractivity contribution in [3.05, 3.63) is 63.4 Å². The molecule has 9 heteroatoms. The van der Waals surface area contributed by atoms with E-state index in [1.807, 2.05) is 5.38 Å². The zero-order chi connectivity index (χ0) is 21.5. The van der Waals surface area contributed by atoms with Crippen molar-refractivity contribution in [3.8, 4) is 5.69 Å². The van der Waals surface area contributed by atoms with Crippen LogP contribution < -0.4 is 5.32 Å². The van der Waals surface area contributed by atoms with Gasteiger partial charge >= 0.3 is 6.18 Å². The summed E-state index contributed by atoms with van der Waals surface area (Å²) in [5, 5.41) is 10.0. The average Bonchev–Trinajstić information content (AvgIpc) is 3.26. The zero-order valence-corrected chi connectivity index (χ0v) is 17.3. The number of amides is 1. The van der Waals surface area contributed by atoms with Crippen molar-refractivity contribution in [2.75, 3.05) is 0 Å². The minimum atomic E-state index is -4.44. The number of hydrogen-bond acceptors (Lipinski definition) is 4. The van der Waals surface area contributed by atoms with Crippen molar-refractivity contribution < 1.29 is 18.0 Å². The van der Waals surface area contributed by atoms with E-state index in [-0.39, 0.29) is 11.8 Å². The maximum atomic E-state index is 13.1. The first-order valence-corrected chi connectivity index (χ1v) is 10.6. The van der Waals surface area contributed by atoms with Crippen LogP contribution in [-0.4, -0.2) is 20.7 Å². The van der Waals surface area contributed by atoms with E-state index in [2.05, 4.69) is 29.2 Å². The Bertz CT molecular complexity index is 1070. The normalized spacial score (nSPS) is 14.3. The van der Waals surface area contributed by atoms with E-state index in [1.165, 1.54) is 16.9 Å². The predicted octanol–water partition coefficient (Wildman–Crippen LogP) is 5.28. The highest BCUT2D eigenvalue weighted by Crippen LogP contribution is 2.43. The van der Waals surface area contributed by atoms with Crippen molar-refractivity contribution in [1.82, 2.24) is 20.1 Å². The molecule has 4 rings (SSSR count). The number of carbonyl (C=O) groups excluding carboxylic acids is 1. The molecule has 2 aromatic heterocycles. The van der Waals surface area contributed by atoms with Crippen LogP contribution in [0, 0.1) is 0 Å². The van der Waals surface area contributed by atoms with Gasteiger partial charge in [0.25, 0.3) is 5.91 Å². The highest BCUT2D eigenvalue weighted by Gasteiger charge is 2.34. The molecule has 0 aliphatic heterocycles. The number of carbonyl (C=O) groups is 1. The van der Waals surface area contributed by atoms with Gasteiger partial charge in [-0.15, -0.1) is 11.3 Å². The third kappa shape index (κ3) is 4.26. The number of nitrogens with one attached hydrogen (secondary N) is 1. The first kappa shape index (κ1) is 20.6. The van der Waals surface area contributed by atoms with E-state index in [0.29, 0.717) is 29.4 Å². The minimum absolute atomic E-state index is 0.120. The number of alkyl halides is 3. The number of thiazole rings is 1.